The van der Waals surface area contributed by atoms with E-state index in [1.807, 2.05) is 6.07 Å². The summed E-state index contributed by atoms with van der Waals surface area (Å²) in [6.07, 6.45) is 3.25. The molecule has 1 amide bonds. The maximum absolute atomic E-state index is 12.1. The molecule has 3 N–H and O–H groups in total. The summed E-state index contributed by atoms with van der Waals surface area (Å²) in [6, 6.07) is 5.57. The molecule has 1 aromatic carbocycles. The zero-order valence-corrected chi connectivity index (χ0v) is 14.4. The van der Waals surface area contributed by atoms with Crippen LogP contribution in [0.2, 0.25) is 10.0 Å². The van der Waals surface area contributed by atoms with Gasteiger partial charge in [-0.3, -0.25) is 4.79 Å². The maximum atomic E-state index is 12.1. The standard InChI is InChI=1S/C15H19Cl2NO.CH2O3/c1-10-4-2-3-5-14(10)18-15(19)8-11-6-7-12(16)9-13(11)17;2-1(3)4/h6-7,9-10,14H,2-5,8H2,1H3,(H,18,19);(H2,2,3,4). The summed E-state index contributed by atoms with van der Waals surface area (Å²) in [5, 5.41) is 18.2. The fourth-order valence-corrected chi connectivity index (χ4v) is 3.10. The summed E-state index contributed by atoms with van der Waals surface area (Å²) in [5.41, 5.74) is 0.826. The Labute approximate surface area is 145 Å². The van der Waals surface area contributed by atoms with E-state index in [0.29, 0.717) is 28.4 Å². The van der Waals surface area contributed by atoms with Crippen LogP contribution in [0.25, 0.3) is 0 Å². The van der Waals surface area contributed by atoms with Crippen molar-refractivity contribution in [1.82, 2.24) is 5.32 Å². The van der Waals surface area contributed by atoms with E-state index in [2.05, 4.69) is 12.2 Å². The number of amides is 1. The molecule has 128 valence electrons. The Morgan fingerprint density at radius 3 is 2.39 bits per heavy atom. The zero-order chi connectivity index (χ0) is 17.4. The summed E-state index contributed by atoms with van der Waals surface area (Å²) in [4.78, 5) is 20.6. The van der Waals surface area contributed by atoms with E-state index in [1.54, 1.807) is 12.1 Å². The van der Waals surface area contributed by atoms with Crippen molar-refractivity contribution in [1.29, 1.82) is 0 Å². The van der Waals surface area contributed by atoms with Gasteiger partial charge in [-0.25, -0.2) is 4.79 Å². The van der Waals surface area contributed by atoms with Gasteiger partial charge in [-0.05, 0) is 36.5 Å². The van der Waals surface area contributed by atoms with Crippen molar-refractivity contribution >= 4 is 35.3 Å². The SMILES string of the molecule is CC1CCCCC1NC(=O)Cc1ccc(Cl)cc1Cl.O=C(O)O. The second-order valence-corrected chi connectivity index (χ2v) is 6.47. The molecule has 1 aliphatic carbocycles. The Morgan fingerprint density at radius 1 is 1.22 bits per heavy atom. The van der Waals surface area contributed by atoms with Crippen LogP contribution in [-0.4, -0.2) is 28.3 Å². The van der Waals surface area contributed by atoms with Crippen LogP contribution >= 0.6 is 23.2 Å². The van der Waals surface area contributed by atoms with Crippen molar-refractivity contribution < 1.29 is 19.8 Å². The number of hydrogen-bond acceptors (Lipinski definition) is 2. The number of carbonyl (C=O) groups is 2. The molecule has 0 radical (unpaired) electrons. The Balaban J connectivity index is 0.000000593. The van der Waals surface area contributed by atoms with Crippen LogP contribution in [0.3, 0.4) is 0 Å². The molecular formula is C16H21Cl2NO4. The van der Waals surface area contributed by atoms with Crippen molar-refractivity contribution in [3.05, 3.63) is 33.8 Å². The molecule has 0 saturated heterocycles. The van der Waals surface area contributed by atoms with Gasteiger partial charge in [0, 0.05) is 16.1 Å². The van der Waals surface area contributed by atoms with E-state index in [0.717, 1.165) is 12.0 Å². The first kappa shape index (κ1) is 19.6. The highest BCUT2D eigenvalue weighted by Gasteiger charge is 2.22. The first-order valence-electron chi connectivity index (χ1n) is 7.44. The summed E-state index contributed by atoms with van der Waals surface area (Å²) in [5.74, 6) is 0.612. The van der Waals surface area contributed by atoms with Crippen LogP contribution in [0.5, 0.6) is 0 Å². The van der Waals surface area contributed by atoms with Crippen LogP contribution in [0.1, 0.15) is 38.2 Å². The third-order valence-electron chi connectivity index (χ3n) is 3.82. The molecule has 1 fully saturated rings. The number of benzene rings is 1. The van der Waals surface area contributed by atoms with Gasteiger partial charge in [-0.1, -0.05) is 49.0 Å². The Hall–Kier alpha value is -1.46. The predicted molar refractivity (Wildman–Crippen MR) is 90.4 cm³/mol. The topological polar surface area (TPSA) is 86.6 Å². The van der Waals surface area contributed by atoms with E-state index in [1.165, 1.54) is 19.3 Å². The van der Waals surface area contributed by atoms with E-state index >= 15 is 0 Å². The molecular weight excluding hydrogens is 341 g/mol. The minimum atomic E-state index is -1.83. The average Bonchev–Trinajstić information content (AvgIpc) is 2.44. The van der Waals surface area contributed by atoms with Crippen molar-refractivity contribution in [2.45, 2.75) is 45.1 Å². The molecule has 0 aromatic heterocycles. The van der Waals surface area contributed by atoms with Crippen LogP contribution in [0, 0.1) is 5.92 Å². The molecule has 23 heavy (non-hydrogen) atoms. The number of hydrogen-bond donors (Lipinski definition) is 3. The summed E-state index contributed by atoms with van der Waals surface area (Å²) in [6.45, 7) is 2.21. The normalized spacial score (nSPS) is 20.1. The Morgan fingerprint density at radius 2 is 1.83 bits per heavy atom. The summed E-state index contributed by atoms with van der Waals surface area (Å²) >= 11 is 11.9. The molecule has 0 aliphatic heterocycles. The fourth-order valence-electron chi connectivity index (χ4n) is 2.63. The molecule has 7 heteroatoms. The second-order valence-electron chi connectivity index (χ2n) is 5.63. The molecule has 1 aliphatic rings. The smallest absolute Gasteiger partial charge is 0.450 e. The van der Waals surface area contributed by atoms with Gasteiger partial charge in [0.25, 0.3) is 0 Å². The summed E-state index contributed by atoms with van der Waals surface area (Å²) < 4.78 is 0. The van der Waals surface area contributed by atoms with Crippen LogP contribution in [0.15, 0.2) is 18.2 Å². The lowest BCUT2D eigenvalue weighted by Gasteiger charge is -2.29. The zero-order valence-electron chi connectivity index (χ0n) is 12.9. The van der Waals surface area contributed by atoms with Gasteiger partial charge in [0.15, 0.2) is 0 Å². The lowest BCUT2D eigenvalue weighted by molar-refractivity contribution is -0.121. The molecule has 5 nitrogen and oxygen atoms in total. The number of rotatable bonds is 3. The number of carbonyl (C=O) groups excluding carboxylic acids is 1. The molecule has 1 aromatic rings. The van der Waals surface area contributed by atoms with Gasteiger partial charge in [0.05, 0.1) is 6.42 Å². The monoisotopic (exact) mass is 361 g/mol. The maximum Gasteiger partial charge on any atom is 0.503 e. The predicted octanol–water partition coefficient (Wildman–Crippen LogP) is 4.45. The van der Waals surface area contributed by atoms with Gasteiger partial charge in [0.2, 0.25) is 5.91 Å². The largest absolute Gasteiger partial charge is 0.503 e. The lowest BCUT2D eigenvalue weighted by Crippen LogP contribution is -2.41. The minimum Gasteiger partial charge on any atom is -0.450 e. The second kappa shape index (κ2) is 9.63. The molecule has 0 bridgehead atoms. The average molecular weight is 362 g/mol. The van der Waals surface area contributed by atoms with Gasteiger partial charge in [0.1, 0.15) is 0 Å². The first-order valence-corrected chi connectivity index (χ1v) is 8.20. The van der Waals surface area contributed by atoms with E-state index in [9.17, 15) is 4.79 Å². The van der Waals surface area contributed by atoms with Crippen LogP contribution in [-0.2, 0) is 11.2 Å². The number of nitrogens with one attached hydrogen (secondary N) is 1. The molecule has 0 spiro atoms. The first-order chi connectivity index (χ1) is 10.8. The third kappa shape index (κ3) is 7.57. The van der Waals surface area contributed by atoms with E-state index in [4.69, 9.17) is 38.2 Å². The van der Waals surface area contributed by atoms with Gasteiger partial charge >= 0.3 is 6.16 Å². The number of halogens is 2. The van der Waals surface area contributed by atoms with Crippen molar-refractivity contribution in [2.24, 2.45) is 5.92 Å². The molecule has 0 heterocycles. The highest BCUT2D eigenvalue weighted by atomic mass is 35.5. The van der Waals surface area contributed by atoms with Crippen molar-refractivity contribution in [3.63, 3.8) is 0 Å². The van der Waals surface area contributed by atoms with E-state index in [-0.39, 0.29) is 5.91 Å². The lowest BCUT2D eigenvalue weighted by atomic mass is 9.86. The highest BCUT2D eigenvalue weighted by Crippen LogP contribution is 2.24. The van der Waals surface area contributed by atoms with Crippen molar-refractivity contribution in [3.8, 4) is 0 Å². The molecule has 2 unspecified atom stereocenters. The fraction of sp³-hybridized carbons (Fsp3) is 0.500. The minimum absolute atomic E-state index is 0.0444. The third-order valence-corrected chi connectivity index (χ3v) is 4.41. The quantitative estimate of drug-likeness (QED) is 0.741. The molecule has 1 saturated carbocycles. The van der Waals surface area contributed by atoms with Gasteiger partial charge < -0.3 is 15.5 Å². The van der Waals surface area contributed by atoms with Crippen LogP contribution in [0.4, 0.5) is 4.79 Å². The van der Waals surface area contributed by atoms with Gasteiger partial charge in [-0.2, -0.15) is 0 Å². The molecule has 2 atom stereocenters. The van der Waals surface area contributed by atoms with Crippen molar-refractivity contribution in [2.75, 3.05) is 0 Å². The Kier molecular flexibility index (Phi) is 8.20. The number of carboxylic acid groups (broad SMARTS) is 2. The highest BCUT2D eigenvalue weighted by molar-refractivity contribution is 6.35. The van der Waals surface area contributed by atoms with E-state index < -0.39 is 6.16 Å². The van der Waals surface area contributed by atoms with Gasteiger partial charge in [-0.15, -0.1) is 0 Å². The summed E-state index contributed by atoms with van der Waals surface area (Å²) in [7, 11) is 0. The Bertz CT molecular complexity index is 547. The molecule has 2 rings (SSSR count). The van der Waals surface area contributed by atoms with Crippen LogP contribution < -0.4 is 5.32 Å².